The zero-order chi connectivity index (χ0) is 4.00. The third kappa shape index (κ3) is 78.6. The summed E-state index contributed by atoms with van der Waals surface area (Å²) in [5.41, 5.74) is 0. The summed E-state index contributed by atoms with van der Waals surface area (Å²) in [7, 11) is 0. The fourth-order valence-corrected chi connectivity index (χ4v) is 0. The number of rotatable bonds is 0. The zero-order valence-corrected chi connectivity index (χ0v) is 4.27. The summed E-state index contributed by atoms with van der Waals surface area (Å²) in [5.74, 6) is 0. The zero-order valence-electron chi connectivity index (χ0n) is 2.76. The molecule has 0 aliphatic heterocycles. The van der Waals surface area contributed by atoms with Crippen LogP contribution in [0.2, 0.25) is 0 Å². The van der Waals surface area contributed by atoms with E-state index in [1.54, 1.807) is 0 Å². The van der Waals surface area contributed by atoms with Gasteiger partial charge in [0.15, 0.2) is 0 Å². The molecule has 0 aromatic carbocycles. The molecule has 0 fully saturated rings. The first-order chi connectivity index (χ1) is 2.00. The van der Waals surface area contributed by atoms with Crippen LogP contribution in [0.1, 0.15) is 0 Å². The van der Waals surface area contributed by atoms with Crippen molar-refractivity contribution in [2.45, 2.75) is 0 Å². The summed E-state index contributed by atoms with van der Waals surface area (Å²) in [5, 5.41) is 0. The molecule has 44 valence electrons. The SMILES string of the molecule is CCl.CCl.[SiH4].[SiH4]. The van der Waals surface area contributed by atoms with Gasteiger partial charge in [-0.25, -0.2) is 0 Å². The maximum atomic E-state index is 4.64. The van der Waals surface area contributed by atoms with Crippen LogP contribution in [0.3, 0.4) is 0 Å². The lowest BCUT2D eigenvalue weighted by Gasteiger charge is -1.06. The Morgan fingerprint density at radius 1 is 0.667 bits per heavy atom. The van der Waals surface area contributed by atoms with Crippen molar-refractivity contribution in [1.29, 1.82) is 0 Å². The van der Waals surface area contributed by atoms with Gasteiger partial charge in [-0.1, -0.05) is 0 Å². The molecule has 0 spiro atoms. The Balaban J connectivity index is -0.00000000500. The number of hydrogen-bond acceptors (Lipinski definition) is 0. The highest BCUT2D eigenvalue weighted by Crippen LogP contribution is 1.34. The van der Waals surface area contributed by atoms with Gasteiger partial charge in [-0.15, -0.1) is 23.2 Å². The van der Waals surface area contributed by atoms with Crippen LogP contribution < -0.4 is 0 Å². The number of alkyl halides is 2. The van der Waals surface area contributed by atoms with Gasteiger partial charge in [0, 0.05) is 12.8 Å². The van der Waals surface area contributed by atoms with Crippen LogP contribution in [0.25, 0.3) is 0 Å². The van der Waals surface area contributed by atoms with Gasteiger partial charge in [0.1, 0.15) is 0 Å². The summed E-state index contributed by atoms with van der Waals surface area (Å²) >= 11 is 9.28. The van der Waals surface area contributed by atoms with E-state index in [0.717, 1.165) is 0 Å². The van der Waals surface area contributed by atoms with E-state index in [4.69, 9.17) is 0 Å². The minimum absolute atomic E-state index is 0. The maximum Gasteiger partial charge on any atom is 0.0108 e. The lowest BCUT2D eigenvalue weighted by Crippen LogP contribution is -0.852. The normalized spacial score (nSPS) is 2.00. The van der Waals surface area contributed by atoms with Gasteiger partial charge in [0.25, 0.3) is 0 Å². The fraction of sp³-hybridized carbons (Fsp3) is 1.00. The molecule has 0 saturated carbocycles. The minimum Gasteiger partial charge on any atom is -0.130 e. The van der Waals surface area contributed by atoms with Crippen LogP contribution in [-0.2, 0) is 0 Å². The van der Waals surface area contributed by atoms with E-state index in [1.807, 2.05) is 0 Å². The van der Waals surface area contributed by atoms with Crippen molar-refractivity contribution in [3.63, 3.8) is 0 Å². The fourth-order valence-electron chi connectivity index (χ4n) is 0. The predicted molar refractivity (Wildman–Crippen MR) is 46.2 cm³/mol. The van der Waals surface area contributed by atoms with Crippen LogP contribution >= 0.6 is 23.2 Å². The summed E-state index contributed by atoms with van der Waals surface area (Å²) in [4.78, 5) is 0. The smallest absolute Gasteiger partial charge is 0.0108 e. The van der Waals surface area contributed by atoms with Crippen molar-refractivity contribution in [3.8, 4) is 0 Å². The average Bonchev–Trinajstić information content (AvgIpc) is 1.50. The maximum absolute atomic E-state index is 4.64. The van der Waals surface area contributed by atoms with Crippen LogP contribution in [0.5, 0.6) is 0 Å². The molecule has 0 bridgehead atoms. The molecule has 0 rings (SSSR count). The quantitative estimate of drug-likeness (QED) is 0.313. The van der Waals surface area contributed by atoms with E-state index >= 15 is 0 Å². The van der Waals surface area contributed by atoms with E-state index in [1.165, 1.54) is 12.8 Å². The third-order valence-corrected chi connectivity index (χ3v) is 0. The van der Waals surface area contributed by atoms with Gasteiger partial charge in [-0.05, 0) is 21.9 Å². The van der Waals surface area contributed by atoms with E-state index < -0.39 is 0 Å². The lowest BCUT2D eigenvalue weighted by atomic mass is 12.0. The largest absolute Gasteiger partial charge is 0.130 e. The molecule has 0 saturated heterocycles. The van der Waals surface area contributed by atoms with Crippen molar-refractivity contribution in [1.82, 2.24) is 0 Å². The molecular weight excluding hydrogens is 151 g/mol. The molecule has 0 aliphatic carbocycles. The molecular formula is C2H14Cl2Si2. The van der Waals surface area contributed by atoms with E-state index in [0.29, 0.717) is 0 Å². The Bertz CT molecular complexity index is 9.51. The van der Waals surface area contributed by atoms with Crippen molar-refractivity contribution in [2.75, 3.05) is 12.8 Å². The third-order valence-electron chi connectivity index (χ3n) is 0. The highest BCUT2D eigenvalue weighted by molar-refractivity contribution is 6.15. The monoisotopic (exact) mass is 164 g/mol. The van der Waals surface area contributed by atoms with Crippen molar-refractivity contribution in [3.05, 3.63) is 0 Å². The second-order valence-electron chi connectivity index (χ2n) is 0. The molecule has 0 aromatic rings. The molecule has 0 aromatic heterocycles. The van der Waals surface area contributed by atoms with Gasteiger partial charge < -0.3 is 0 Å². The molecule has 0 unspecified atom stereocenters. The highest BCUT2D eigenvalue weighted by Gasteiger charge is 0.945. The molecule has 0 amide bonds. The second-order valence-corrected chi connectivity index (χ2v) is 0. The standard InChI is InChI=1S/2CH3Cl.2H4Si/c2*1-2;;/h2*1H3;2*1H4. The lowest BCUT2D eigenvalue weighted by molar-refractivity contribution is 2.46. The number of halogens is 2. The van der Waals surface area contributed by atoms with Crippen molar-refractivity contribution in [2.24, 2.45) is 0 Å². The van der Waals surface area contributed by atoms with Gasteiger partial charge >= 0.3 is 0 Å². The van der Waals surface area contributed by atoms with Crippen LogP contribution in [0.4, 0.5) is 0 Å². The molecule has 0 atom stereocenters. The second kappa shape index (κ2) is 147. The van der Waals surface area contributed by atoms with Crippen molar-refractivity contribution >= 4 is 45.1 Å². The molecule has 0 N–H and O–H groups in total. The van der Waals surface area contributed by atoms with Crippen molar-refractivity contribution < 1.29 is 0 Å². The van der Waals surface area contributed by atoms with Crippen LogP contribution in [0, 0.1) is 0 Å². The topological polar surface area (TPSA) is 0 Å². The molecule has 0 radical (unpaired) electrons. The predicted octanol–water partition coefficient (Wildman–Crippen LogP) is -1.19. The summed E-state index contributed by atoms with van der Waals surface area (Å²) in [6.07, 6.45) is 2.94. The molecule has 6 heavy (non-hydrogen) atoms. The van der Waals surface area contributed by atoms with Crippen LogP contribution in [-0.4, -0.2) is 34.7 Å². The Morgan fingerprint density at radius 2 is 0.667 bits per heavy atom. The Labute approximate surface area is 58.3 Å². The van der Waals surface area contributed by atoms with E-state index in [9.17, 15) is 0 Å². The van der Waals surface area contributed by atoms with Gasteiger partial charge in [0.2, 0.25) is 0 Å². The summed E-state index contributed by atoms with van der Waals surface area (Å²) < 4.78 is 0. The molecule has 4 heteroatoms. The molecule has 0 aliphatic rings. The molecule has 0 nitrogen and oxygen atoms in total. The Kier molecular flexibility index (Phi) is 685. The van der Waals surface area contributed by atoms with Crippen LogP contribution in [0.15, 0.2) is 0 Å². The summed E-state index contributed by atoms with van der Waals surface area (Å²) in [6, 6.07) is 0. The minimum atomic E-state index is 0. The van der Waals surface area contributed by atoms with Gasteiger partial charge in [-0.2, -0.15) is 0 Å². The molecule has 0 heterocycles. The van der Waals surface area contributed by atoms with Gasteiger partial charge in [-0.3, -0.25) is 0 Å². The average molecular weight is 165 g/mol. The van der Waals surface area contributed by atoms with Gasteiger partial charge in [0.05, 0.1) is 0 Å². The van der Waals surface area contributed by atoms with E-state index in [2.05, 4.69) is 23.2 Å². The highest BCUT2D eigenvalue weighted by atomic mass is 35.5. The first kappa shape index (κ1) is 27.9. The number of hydrogen-bond donors (Lipinski definition) is 0. The Hall–Kier alpha value is 1.01. The summed E-state index contributed by atoms with van der Waals surface area (Å²) in [6.45, 7) is 0. The first-order valence-corrected chi connectivity index (χ1v) is 2.27. The first-order valence-electron chi connectivity index (χ1n) is 0.756. The van der Waals surface area contributed by atoms with E-state index in [-0.39, 0.29) is 21.9 Å². The Morgan fingerprint density at radius 3 is 0.667 bits per heavy atom.